The first-order valence-electron chi connectivity index (χ1n) is 4.49. The van der Waals surface area contributed by atoms with Crippen LogP contribution in [0.25, 0.3) is 0 Å². The lowest BCUT2D eigenvalue weighted by Gasteiger charge is -2.25. The second-order valence-electron chi connectivity index (χ2n) is 3.66. The molecule has 78 valence electrons. The molecule has 0 atom stereocenters. The van der Waals surface area contributed by atoms with Gasteiger partial charge in [-0.15, -0.1) is 12.4 Å². The maximum absolute atomic E-state index is 11.1. The lowest BCUT2D eigenvalue weighted by molar-refractivity contribution is -0.143. The van der Waals surface area contributed by atoms with E-state index in [1.807, 2.05) is 0 Å². The second-order valence-corrected chi connectivity index (χ2v) is 3.66. The van der Waals surface area contributed by atoms with Crippen molar-refractivity contribution < 1.29 is 9.53 Å². The molecule has 1 fully saturated rings. The van der Waals surface area contributed by atoms with Gasteiger partial charge in [-0.3, -0.25) is 4.79 Å². The van der Waals surface area contributed by atoms with Gasteiger partial charge in [0, 0.05) is 0 Å². The third-order valence-corrected chi connectivity index (χ3v) is 2.84. The lowest BCUT2D eigenvalue weighted by atomic mass is 9.83. The van der Waals surface area contributed by atoms with Crippen molar-refractivity contribution in [3.05, 3.63) is 0 Å². The van der Waals surface area contributed by atoms with Crippen molar-refractivity contribution >= 4 is 18.4 Å². The fourth-order valence-electron chi connectivity index (χ4n) is 1.96. The van der Waals surface area contributed by atoms with Crippen molar-refractivity contribution in [2.45, 2.75) is 32.1 Å². The standard InChI is InChI=1S/C9H17NO2.ClH/c1-12-8(11)6-9(7-10)4-2-3-5-9;/h2-7,10H2,1H3;1H. The zero-order chi connectivity index (χ0) is 9.03. The van der Waals surface area contributed by atoms with Gasteiger partial charge in [0.15, 0.2) is 0 Å². The highest BCUT2D eigenvalue weighted by molar-refractivity contribution is 5.85. The fraction of sp³-hybridized carbons (Fsp3) is 0.889. The molecule has 1 rings (SSSR count). The van der Waals surface area contributed by atoms with Gasteiger partial charge in [0.2, 0.25) is 0 Å². The smallest absolute Gasteiger partial charge is 0.306 e. The average molecular weight is 208 g/mol. The largest absolute Gasteiger partial charge is 0.469 e. The van der Waals surface area contributed by atoms with E-state index < -0.39 is 0 Å². The van der Waals surface area contributed by atoms with Crippen LogP contribution in [-0.4, -0.2) is 19.6 Å². The summed E-state index contributed by atoms with van der Waals surface area (Å²) < 4.78 is 4.64. The summed E-state index contributed by atoms with van der Waals surface area (Å²) in [6.45, 7) is 0.613. The number of nitrogens with two attached hydrogens (primary N) is 1. The van der Waals surface area contributed by atoms with Gasteiger partial charge in [-0.2, -0.15) is 0 Å². The molecule has 1 saturated carbocycles. The van der Waals surface area contributed by atoms with E-state index in [9.17, 15) is 4.79 Å². The molecule has 13 heavy (non-hydrogen) atoms. The van der Waals surface area contributed by atoms with Crippen molar-refractivity contribution in [1.29, 1.82) is 0 Å². The first kappa shape index (κ1) is 12.7. The van der Waals surface area contributed by atoms with Crippen LogP contribution >= 0.6 is 12.4 Å². The molecule has 0 aromatic rings. The highest BCUT2D eigenvalue weighted by Crippen LogP contribution is 2.40. The highest BCUT2D eigenvalue weighted by Gasteiger charge is 2.34. The second kappa shape index (κ2) is 5.45. The lowest BCUT2D eigenvalue weighted by Crippen LogP contribution is -2.30. The summed E-state index contributed by atoms with van der Waals surface area (Å²) in [5, 5.41) is 0. The molecule has 0 saturated heterocycles. The topological polar surface area (TPSA) is 52.3 Å². The van der Waals surface area contributed by atoms with Gasteiger partial charge in [-0.05, 0) is 24.8 Å². The molecule has 0 aromatic carbocycles. The summed E-state index contributed by atoms with van der Waals surface area (Å²) in [6, 6.07) is 0. The molecule has 3 nitrogen and oxygen atoms in total. The van der Waals surface area contributed by atoms with E-state index in [2.05, 4.69) is 4.74 Å². The predicted octanol–water partition coefficient (Wildman–Crippen LogP) is 1.49. The first-order valence-corrected chi connectivity index (χ1v) is 4.49. The van der Waals surface area contributed by atoms with E-state index in [1.165, 1.54) is 20.0 Å². The number of carbonyl (C=O) groups is 1. The molecule has 0 radical (unpaired) electrons. The monoisotopic (exact) mass is 207 g/mol. The van der Waals surface area contributed by atoms with Gasteiger partial charge in [0.25, 0.3) is 0 Å². The van der Waals surface area contributed by atoms with Gasteiger partial charge in [0.05, 0.1) is 13.5 Å². The van der Waals surface area contributed by atoms with E-state index >= 15 is 0 Å². The molecule has 0 aromatic heterocycles. The Morgan fingerprint density at radius 2 is 2.00 bits per heavy atom. The molecule has 0 amide bonds. The van der Waals surface area contributed by atoms with Crippen LogP contribution in [0.1, 0.15) is 32.1 Å². The zero-order valence-electron chi connectivity index (χ0n) is 8.04. The van der Waals surface area contributed by atoms with E-state index in [0.717, 1.165) is 12.8 Å². The van der Waals surface area contributed by atoms with E-state index in [0.29, 0.717) is 13.0 Å². The van der Waals surface area contributed by atoms with Gasteiger partial charge >= 0.3 is 5.97 Å². The average Bonchev–Trinajstić information content (AvgIpc) is 2.54. The highest BCUT2D eigenvalue weighted by atomic mass is 35.5. The summed E-state index contributed by atoms with van der Waals surface area (Å²) in [5.74, 6) is -0.123. The summed E-state index contributed by atoms with van der Waals surface area (Å²) in [7, 11) is 1.43. The van der Waals surface area contributed by atoms with Crippen LogP contribution in [0.3, 0.4) is 0 Å². The molecule has 0 bridgehead atoms. The number of methoxy groups -OCH3 is 1. The molecule has 0 spiro atoms. The third-order valence-electron chi connectivity index (χ3n) is 2.84. The maximum Gasteiger partial charge on any atom is 0.306 e. The van der Waals surface area contributed by atoms with Gasteiger partial charge in [0.1, 0.15) is 0 Å². The Hall–Kier alpha value is -0.280. The SMILES string of the molecule is COC(=O)CC1(CN)CCCC1.Cl. The molecular weight excluding hydrogens is 190 g/mol. The number of hydrogen-bond acceptors (Lipinski definition) is 3. The number of carbonyl (C=O) groups excluding carboxylic acids is 1. The summed E-state index contributed by atoms with van der Waals surface area (Å²) in [6.07, 6.45) is 5.07. The fourth-order valence-corrected chi connectivity index (χ4v) is 1.96. The molecule has 2 N–H and O–H groups in total. The van der Waals surface area contributed by atoms with Crippen LogP contribution in [0, 0.1) is 5.41 Å². The first-order chi connectivity index (χ1) is 5.72. The molecule has 0 heterocycles. The van der Waals surface area contributed by atoms with Crippen molar-refractivity contribution in [1.82, 2.24) is 0 Å². The molecule has 1 aliphatic carbocycles. The number of halogens is 1. The van der Waals surface area contributed by atoms with Gasteiger partial charge in [-0.25, -0.2) is 0 Å². The van der Waals surface area contributed by atoms with Crippen LogP contribution in [0.2, 0.25) is 0 Å². The number of ether oxygens (including phenoxy) is 1. The van der Waals surface area contributed by atoms with Gasteiger partial charge < -0.3 is 10.5 Å². The van der Waals surface area contributed by atoms with Crippen LogP contribution in [0.15, 0.2) is 0 Å². The van der Waals surface area contributed by atoms with E-state index in [-0.39, 0.29) is 23.8 Å². The Morgan fingerprint density at radius 3 is 2.38 bits per heavy atom. The van der Waals surface area contributed by atoms with Crippen LogP contribution in [0.4, 0.5) is 0 Å². The molecule has 1 aliphatic rings. The van der Waals surface area contributed by atoms with Crippen molar-refractivity contribution in [3.63, 3.8) is 0 Å². The Morgan fingerprint density at radius 1 is 1.46 bits per heavy atom. The maximum atomic E-state index is 11.1. The third kappa shape index (κ3) is 3.16. The minimum absolute atomic E-state index is 0. The Bertz CT molecular complexity index is 167. The van der Waals surface area contributed by atoms with Gasteiger partial charge in [-0.1, -0.05) is 12.8 Å². The summed E-state index contributed by atoms with van der Waals surface area (Å²) >= 11 is 0. The Kier molecular flexibility index (Phi) is 5.33. The Labute approximate surface area is 85.4 Å². The van der Waals surface area contributed by atoms with Crippen LogP contribution in [-0.2, 0) is 9.53 Å². The minimum Gasteiger partial charge on any atom is -0.469 e. The predicted molar refractivity (Wildman–Crippen MR) is 53.8 cm³/mol. The molecular formula is C9H18ClNO2. The number of rotatable bonds is 3. The van der Waals surface area contributed by atoms with Crippen molar-refractivity contribution in [3.8, 4) is 0 Å². The van der Waals surface area contributed by atoms with Crippen molar-refractivity contribution in [2.75, 3.05) is 13.7 Å². The van der Waals surface area contributed by atoms with E-state index in [4.69, 9.17) is 5.73 Å². The number of esters is 1. The van der Waals surface area contributed by atoms with Crippen LogP contribution < -0.4 is 5.73 Å². The summed E-state index contributed by atoms with van der Waals surface area (Å²) in [5.41, 5.74) is 5.73. The number of hydrogen-bond donors (Lipinski definition) is 1. The van der Waals surface area contributed by atoms with Crippen molar-refractivity contribution in [2.24, 2.45) is 11.1 Å². The summed E-state index contributed by atoms with van der Waals surface area (Å²) in [4.78, 5) is 11.1. The van der Waals surface area contributed by atoms with Crippen LogP contribution in [0.5, 0.6) is 0 Å². The Balaban J connectivity index is 0.00000144. The normalized spacial score (nSPS) is 19.2. The molecule has 4 heteroatoms. The zero-order valence-corrected chi connectivity index (χ0v) is 8.86. The molecule has 0 unspecified atom stereocenters. The minimum atomic E-state index is -0.123. The quantitative estimate of drug-likeness (QED) is 0.714. The molecule has 0 aliphatic heterocycles. The van der Waals surface area contributed by atoms with E-state index in [1.54, 1.807) is 0 Å².